The fraction of sp³-hybridized carbons (Fsp3) is 0.429. The monoisotopic (exact) mass is 426 g/mol. The number of halogens is 3. The predicted octanol–water partition coefficient (Wildman–Crippen LogP) is 1.45. The zero-order valence-electron chi connectivity index (χ0n) is 15.7. The van der Waals surface area contributed by atoms with E-state index < -0.39 is 48.5 Å². The third kappa shape index (κ3) is 3.51. The number of hydrogen-bond acceptors (Lipinski definition) is 6. The minimum atomic E-state index is -4.40. The normalized spacial score (nSPS) is 31.2. The molecule has 0 bridgehead atoms. The Morgan fingerprint density at radius 1 is 0.967 bits per heavy atom. The Balaban J connectivity index is 1.63. The second-order valence-electron chi connectivity index (χ2n) is 7.58. The molecule has 1 saturated heterocycles. The Kier molecular flexibility index (Phi) is 5.38. The van der Waals surface area contributed by atoms with E-state index in [1.807, 2.05) is 0 Å². The molecule has 1 unspecified atom stereocenters. The molecule has 0 radical (unpaired) electrons. The molecule has 4 N–H and O–H groups in total. The average molecular weight is 426 g/mol. The van der Waals surface area contributed by atoms with Gasteiger partial charge in [-0.3, -0.25) is 0 Å². The maximum absolute atomic E-state index is 12.7. The third-order valence-electron chi connectivity index (χ3n) is 5.63. The maximum Gasteiger partial charge on any atom is 0.416 e. The number of aliphatic hydroxyl groups excluding tert-OH is 4. The highest BCUT2D eigenvalue weighted by molar-refractivity contribution is 5.41. The molecule has 162 valence electrons. The summed E-state index contributed by atoms with van der Waals surface area (Å²) < 4.78 is 49.6. The Morgan fingerprint density at radius 3 is 2.27 bits per heavy atom. The van der Waals surface area contributed by atoms with Gasteiger partial charge < -0.3 is 29.9 Å². The molecular weight excluding hydrogens is 405 g/mol. The Hall–Kier alpha value is -2.01. The van der Waals surface area contributed by atoms with E-state index >= 15 is 0 Å². The molecule has 0 aromatic heterocycles. The van der Waals surface area contributed by atoms with E-state index in [1.54, 1.807) is 18.2 Å². The van der Waals surface area contributed by atoms with Crippen molar-refractivity contribution in [2.24, 2.45) is 0 Å². The van der Waals surface area contributed by atoms with Gasteiger partial charge in [-0.15, -0.1) is 0 Å². The van der Waals surface area contributed by atoms with Crippen molar-refractivity contribution in [2.75, 3.05) is 6.61 Å². The lowest BCUT2D eigenvalue weighted by Crippen LogP contribution is -2.63. The Bertz CT molecular complexity index is 914. The number of benzene rings is 2. The molecule has 2 aromatic carbocycles. The smallest absolute Gasteiger partial charge is 0.394 e. The second-order valence-corrected chi connectivity index (χ2v) is 7.58. The van der Waals surface area contributed by atoms with Crippen LogP contribution >= 0.6 is 0 Å². The van der Waals surface area contributed by atoms with Crippen LogP contribution in [-0.4, -0.2) is 51.4 Å². The molecule has 1 spiro atoms. The lowest BCUT2D eigenvalue weighted by atomic mass is 9.86. The van der Waals surface area contributed by atoms with Crippen LogP contribution in [0.25, 0.3) is 0 Å². The standard InChI is InChI=1S/C21H21F3O6/c22-21(23,24)14-5-2-11(3-6-14)7-12-1-4-13-10-29-20(15(13)8-12)19(28)18(27)17(26)16(9-25)30-20/h1-6,8,16-19,25-28H,7,9-10H2/t16-,17-,18+,19-,20?/m1/s1. The van der Waals surface area contributed by atoms with E-state index in [0.717, 1.165) is 17.7 Å². The van der Waals surface area contributed by atoms with Gasteiger partial charge in [-0.2, -0.15) is 13.2 Å². The summed E-state index contributed by atoms with van der Waals surface area (Å²) in [7, 11) is 0. The lowest BCUT2D eigenvalue weighted by Gasteiger charge is -2.46. The van der Waals surface area contributed by atoms with Crippen LogP contribution in [0, 0.1) is 0 Å². The van der Waals surface area contributed by atoms with Crippen LogP contribution in [-0.2, 0) is 34.5 Å². The van der Waals surface area contributed by atoms with Gasteiger partial charge in [0.1, 0.15) is 24.4 Å². The van der Waals surface area contributed by atoms with Crippen LogP contribution in [0.5, 0.6) is 0 Å². The molecule has 2 heterocycles. The first kappa shape index (κ1) is 21.2. The van der Waals surface area contributed by atoms with Crippen LogP contribution in [0.3, 0.4) is 0 Å². The number of ether oxygens (including phenoxy) is 2. The van der Waals surface area contributed by atoms with Gasteiger partial charge in [-0.05, 0) is 41.3 Å². The first-order valence-corrected chi connectivity index (χ1v) is 9.41. The summed E-state index contributed by atoms with van der Waals surface area (Å²) in [5.41, 5.74) is 1.81. The highest BCUT2D eigenvalue weighted by atomic mass is 19.4. The zero-order valence-corrected chi connectivity index (χ0v) is 15.7. The summed E-state index contributed by atoms with van der Waals surface area (Å²) in [5, 5.41) is 40.3. The van der Waals surface area contributed by atoms with E-state index in [4.69, 9.17) is 9.47 Å². The fourth-order valence-electron chi connectivity index (χ4n) is 3.98. The summed E-state index contributed by atoms with van der Waals surface area (Å²) in [6, 6.07) is 10.1. The summed E-state index contributed by atoms with van der Waals surface area (Å²) in [4.78, 5) is 0. The molecule has 5 atom stereocenters. The minimum Gasteiger partial charge on any atom is -0.394 e. The molecule has 9 heteroatoms. The van der Waals surface area contributed by atoms with Crippen molar-refractivity contribution >= 4 is 0 Å². The van der Waals surface area contributed by atoms with E-state index in [1.165, 1.54) is 12.1 Å². The molecule has 0 amide bonds. The topological polar surface area (TPSA) is 99.4 Å². The summed E-state index contributed by atoms with van der Waals surface area (Å²) in [6.45, 7) is -0.495. The Morgan fingerprint density at radius 2 is 1.63 bits per heavy atom. The van der Waals surface area contributed by atoms with Gasteiger partial charge in [-0.1, -0.05) is 24.3 Å². The third-order valence-corrected chi connectivity index (χ3v) is 5.63. The number of aliphatic hydroxyl groups is 4. The van der Waals surface area contributed by atoms with Crippen molar-refractivity contribution in [3.05, 3.63) is 70.3 Å². The molecule has 0 aliphatic carbocycles. The average Bonchev–Trinajstić information content (AvgIpc) is 3.08. The molecule has 2 aliphatic heterocycles. The molecular formula is C21H21F3O6. The van der Waals surface area contributed by atoms with Gasteiger partial charge in [0, 0.05) is 5.56 Å². The van der Waals surface area contributed by atoms with Crippen molar-refractivity contribution in [3.8, 4) is 0 Å². The molecule has 30 heavy (non-hydrogen) atoms. The number of alkyl halides is 3. The quantitative estimate of drug-likeness (QED) is 0.593. The van der Waals surface area contributed by atoms with Crippen molar-refractivity contribution in [2.45, 2.75) is 49.4 Å². The maximum atomic E-state index is 12.7. The van der Waals surface area contributed by atoms with Gasteiger partial charge in [0.05, 0.1) is 18.8 Å². The second kappa shape index (κ2) is 7.60. The van der Waals surface area contributed by atoms with Crippen LogP contribution in [0.15, 0.2) is 42.5 Å². The largest absolute Gasteiger partial charge is 0.416 e. The van der Waals surface area contributed by atoms with Gasteiger partial charge >= 0.3 is 6.18 Å². The van der Waals surface area contributed by atoms with Crippen molar-refractivity contribution in [1.82, 2.24) is 0 Å². The van der Waals surface area contributed by atoms with Gasteiger partial charge in [0.2, 0.25) is 5.79 Å². The van der Waals surface area contributed by atoms with Crippen molar-refractivity contribution < 1.29 is 43.1 Å². The number of fused-ring (bicyclic) bond motifs is 2. The van der Waals surface area contributed by atoms with E-state index in [0.29, 0.717) is 23.1 Å². The van der Waals surface area contributed by atoms with E-state index in [2.05, 4.69) is 0 Å². The molecule has 1 fully saturated rings. The summed E-state index contributed by atoms with van der Waals surface area (Å²) >= 11 is 0. The van der Waals surface area contributed by atoms with Gasteiger partial charge in [-0.25, -0.2) is 0 Å². The molecule has 6 nitrogen and oxygen atoms in total. The van der Waals surface area contributed by atoms with E-state index in [9.17, 15) is 33.6 Å². The first-order valence-electron chi connectivity index (χ1n) is 9.41. The van der Waals surface area contributed by atoms with Crippen LogP contribution in [0.1, 0.15) is 27.8 Å². The zero-order chi connectivity index (χ0) is 21.7. The minimum absolute atomic E-state index is 0.0912. The van der Waals surface area contributed by atoms with Crippen LogP contribution in [0.2, 0.25) is 0 Å². The Labute approximate surface area is 170 Å². The van der Waals surface area contributed by atoms with Gasteiger partial charge in [0.15, 0.2) is 0 Å². The highest BCUT2D eigenvalue weighted by Gasteiger charge is 2.58. The van der Waals surface area contributed by atoms with Crippen LogP contribution < -0.4 is 0 Å². The molecule has 4 rings (SSSR count). The first-order chi connectivity index (χ1) is 14.2. The summed E-state index contributed by atoms with van der Waals surface area (Å²) in [5.74, 6) is -1.75. The van der Waals surface area contributed by atoms with Crippen molar-refractivity contribution in [3.63, 3.8) is 0 Å². The fourth-order valence-corrected chi connectivity index (χ4v) is 3.98. The summed E-state index contributed by atoms with van der Waals surface area (Å²) in [6.07, 6.45) is -9.92. The van der Waals surface area contributed by atoms with Crippen molar-refractivity contribution in [1.29, 1.82) is 0 Å². The SMILES string of the molecule is OC[C@H]1OC2(OCc3ccc(Cc4ccc(C(F)(F)F)cc4)cc32)[C@H](O)[C@@H](O)[C@@H]1O. The molecule has 2 aliphatic rings. The predicted molar refractivity (Wildman–Crippen MR) is 97.1 cm³/mol. The van der Waals surface area contributed by atoms with Gasteiger partial charge in [0.25, 0.3) is 0 Å². The lowest BCUT2D eigenvalue weighted by molar-refractivity contribution is -0.368. The number of hydrogen-bond donors (Lipinski definition) is 4. The molecule has 2 aromatic rings. The number of rotatable bonds is 3. The van der Waals surface area contributed by atoms with E-state index in [-0.39, 0.29) is 6.61 Å². The molecule has 0 saturated carbocycles. The van der Waals surface area contributed by atoms with Crippen LogP contribution in [0.4, 0.5) is 13.2 Å². The highest BCUT2D eigenvalue weighted by Crippen LogP contribution is 2.46.